The smallest absolute Gasteiger partial charge is 0.306 e. The minimum absolute atomic E-state index is 0.0466. The quantitative estimate of drug-likeness (QED) is 0.265. The van der Waals surface area contributed by atoms with Crippen LogP contribution in [0.5, 0.6) is 0 Å². The van der Waals surface area contributed by atoms with Crippen molar-refractivity contribution in [2.45, 2.75) is 123 Å². The third-order valence-electron chi connectivity index (χ3n) is 9.20. The first kappa shape index (κ1) is 40.0. The number of esters is 2. The Labute approximate surface area is 275 Å². The first-order chi connectivity index (χ1) is 21.7. The average Bonchev–Trinajstić information content (AvgIpc) is 3.01. The lowest BCUT2D eigenvalue weighted by Crippen LogP contribution is -2.57. The summed E-state index contributed by atoms with van der Waals surface area (Å²) in [5.74, 6) is -2.07. The van der Waals surface area contributed by atoms with Crippen molar-refractivity contribution >= 4 is 17.7 Å². The van der Waals surface area contributed by atoms with Crippen molar-refractivity contribution in [3.63, 3.8) is 0 Å². The van der Waals surface area contributed by atoms with Crippen molar-refractivity contribution in [2.24, 2.45) is 23.7 Å². The Morgan fingerprint density at radius 1 is 1.09 bits per heavy atom. The molecule has 1 saturated heterocycles. The first-order valence-electron chi connectivity index (χ1n) is 16.6. The maximum atomic E-state index is 13.4. The molecule has 0 amide bonds. The molecule has 0 aromatic rings. The normalized spacial score (nSPS) is 35.8. The van der Waals surface area contributed by atoms with Crippen LogP contribution in [0, 0.1) is 23.7 Å². The summed E-state index contributed by atoms with van der Waals surface area (Å²) in [6.45, 7) is 10.8. The molecule has 10 atom stereocenters. The van der Waals surface area contributed by atoms with Crippen LogP contribution in [0.1, 0.15) is 80.1 Å². The fourth-order valence-electron chi connectivity index (χ4n) is 6.55. The van der Waals surface area contributed by atoms with E-state index in [0.717, 1.165) is 5.57 Å². The number of cyclic esters (lactones) is 1. The second kappa shape index (κ2) is 19.6. The molecule has 2 aliphatic heterocycles. The van der Waals surface area contributed by atoms with Gasteiger partial charge >= 0.3 is 11.9 Å². The van der Waals surface area contributed by atoms with Gasteiger partial charge in [-0.25, -0.2) is 0 Å². The molecule has 0 aromatic carbocycles. The number of hydrogen-bond acceptors (Lipinski definition) is 11. The standard InChI is InChI=1S/C35H59NO10/c1-11-30-27(20-37)16-21(2)12-14-29(39)23(4)17-26(19-32(41-9)42-10)33(22(3)13-15-31(40)45-30)46-35-34(44-25(6)38)28(36(7)8)18-24(5)43-35/h12,14,16,22-24,26-28,30,32-35,37H,11,13,15,17-20H2,1-10H3/b14-12+,21-16+/t22-,23+,24?,26+,27+,28?,30+,33+,34?,35?/m0/s1. The van der Waals surface area contributed by atoms with E-state index in [0.29, 0.717) is 32.1 Å². The molecule has 2 heterocycles. The van der Waals surface area contributed by atoms with Gasteiger partial charge in [0.05, 0.1) is 24.9 Å². The number of allylic oxidation sites excluding steroid dienone is 3. The summed E-state index contributed by atoms with van der Waals surface area (Å²) in [6.07, 6.45) is 4.41. The Balaban J connectivity index is 2.60. The van der Waals surface area contributed by atoms with Gasteiger partial charge in [0.2, 0.25) is 0 Å². The topological polar surface area (TPSA) is 130 Å². The predicted molar refractivity (Wildman–Crippen MR) is 174 cm³/mol. The van der Waals surface area contributed by atoms with E-state index in [-0.39, 0.29) is 54.7 Å². The Morgan fingerprint density at radius 3 is 2.33 bits per heavy atom. The van der Waals surface area contributed by atoms with Gasteiger partial charge in [-0.2, -0.15) is 0 Å². The van der Waals surface area contributed by atoms with Crippen LogP contribution in [0.3, 0.4) is 0 Å². The van der Waals surface area contributed by atoms with Crippen molar-refractivity contribution in [3.8, 4) is 0 Å². The number of nitrogens with zero attached hydrogens (tertiary/aromatic N) is 1. The number of aliphatic hydroxyl groups is 1. The zero-order valence-electron chi connectivity index (χ0n) is 29.6. The van der Waals surface area contributed by atoms with E-state index in [9.17, 15) is 19.5 Å². The van der Waals surface area contributed by atoms with Crippen molar-refractivity contribution in [1.29, 1.82) is 0 Å². The molecule has 11 heteroatoms. The highest BCUT2D eigenvalue weighted by molar-refractivity contribution is 5.91. The molecule has 1 N–H and O–H groups in total. The van der Waals surface area contributed by atoms with Crippen LogP contribution >= 0.6 is 0 Å². The summed E-state index contributed by atoms with van der Waals surface area (Å²) >= 11 is 0. The SMILES string of the molecule is CC[C@H]1OC(=O)CC[C@H](C)[C@@H](OC2OC(C)CC(N(C)C)C2OC(C)=O)[C@@H](CC(OC)OC)C[C@@H](C)C(=O)/C=C/C(C)=C/[C@@H]1CO. The number of carbonyl (C=O) groups excluding carboxylic acids is 3. The number of carbonyl (C=O) groups is 3. The summed E-state index contributed by atoms with van der Waals surface area (Å²) in [5.41, 5.74) is 0.793. The molecular formula is C35H59NO10. The fourth-order valence-corrected chi connectivity index (χ4v) is 6.55. The predicted octanol–water partition coefficient (Wildman–Crippen LogP) is 4.45. The van der Waals surface area contributed by atoms with Crippen molar-refractivity contribution in [1.82, 2.24) is 4.90 Å². The van der Waals surface area contributed by atoms with Crippen molar-refractivity contribution in [2.75, 3.05) is 34.9 Å². The molecular weight excluding hydrogens is 594 g/mol. The molecule has 11 nitrogen and oxygen atoms in total. The lowest BCUT2D eigenvalue weighted by molar-refractivity contribution is -0.286. The number of aliphatic hydroxyl groups excluding tert-OH is 1. The van der Waals surface area contributed by atoms with Crippen LogP contribution in [0.25, 0.3) is 0 Å². The van der Waals surface area contributed by atoms with Crippen LogP contribution in [0.4, 0.5) is 0 Å². The van der Waals surface area contributed by atoms with Crippen LogP contribution in [0.2, 0.25) is 0 Å². The number of ether oxygens (including phenoxy) is 6. The fraction of sp³-hybridized carbons (Fsp3) is 0.800. The Hall–Kier alpha value is -2.15. The largest absolute Gasteiger partial charge is 0.462 e. The van der Waals surface area contributed by atoms with Gasteiger partial charge in [-0.15, -0.1) is 0 Å². The third kappa shape index (κ3) is 12.1. The van der Waals surface area contributed by atoms with E-state index in [1.165, 1.54) is 6.92 Å². The highest BCUT2D eigenvalue weighted by atomic mass is 16.7. The van der Waals surface area contributed by atoms with E-state index in [1.807, 2.05) is 59.7 Å². The van der Waals surface area contributed by atoms with E-state index in [1.54, 1.807) is 26.4 Å². The third-order valence-corrected chi connectivity index (χ3v) is 9.20. The zero-order chi connectivity index (χ0) is 34.6. The monoisotopic (exact) mass is 653 g/mol. The maximum absolute atomic E-state index is 13.4. The van der Waals surface area contributed by atoms with E-state index in [4.69, 9.17) is 28.4 Å². The van der Waals surface area contributed by atoms with Gasteiger partial charge in [-0.1, -0.05) is 38.5 Å². The highest BCUT2D eigenvalue weighted by Crippen LogP contribution is 2.36. The summed E-state index contributed by atoms with van der Waals surface area (Å²) < 4.78 is 36.1. The van der Waals surface area contributed by atoms with E-state index in [2.05, 4.69) is 0 Å². The van der Waals surface area contributed by atoms with E-state index >= 15 is 0 Å². The van der Waals surface area contributed by atoms with Gasteiger partial charge in [-0.3, -0.25) is 14.4 Å². The molecule has 0 spiro atoms. The van der Waals surface area contributed by atoms with Crippen LogP contribution < -0.4 is 0 Å². The molecule has 0 saturated carbocycles. The molecule has 1 fully saturated rings. The minimum Gasteiger partial charge on any atom is -0.462 e. The maximum Gasteiger partial charge on any atom is 0.306 e. The van der Waals surface area contributed by atoms with Gasteiger partial charge in [0.25, 0.3) is 0 Å². The number of likely N-dealkylation sites (N-methyl/N-ethyl adjacent to an activating group) is 1. The molecule has 2 rings (SSSR count). The van der Waals surface area contributed by atoms with Gasteiger partial charge in [0.1, 0.15) is 6.10 Å². The summed E-state index contributed by atoms with van der Waals surface area (Å²) in [6, 6.07) is -0.148. The lowest BCUT2D eigenvalue weighted by atomic mass is 9.80. The van der Waals surface area contributed by atoms with Crippen LogP contribution in [-0.4, -0.2) is 106 Å². The molecule has 0 bridgehead atoms. The molecule has 0 aromatic heterocycles. The van der Waals surface area contributed by atoms with Crippen LogP contribution in [-0.2, 0) is 42.8 Å². The Kier molecular flexibility index (Phi) is 17.1. The summed E-state index contributed by atoms with van der Waals surface area (Å²) in [5, 5.41) is 10.1. The van der Waals surface area contributed by atoms with Gasteiger partial charge in [0.15, 0.2) is 24.5 Å². The summed E-state index contributed by atoms with van der Waals surface area (Å²) in [7, 11) is 7.01. The second-order valence-corrected chi connectivity index (χ2v) is 13.2. The molecule has 0 radical (unpaired) electrons. The van der Waals surface area contributed by atoms with Gasteiger partial charge < -0.3 is 38.4 Å². The zero-order valence-corrected chi connectivity index (χ0v) is 29.6. The second-order valence-electron chi connectivity index (χ2n) is 13.2. The van der Waals surface area contributed by atoms with Gasteiger partial charge in [0, 0.05) is 45.8 Å². The average molecular weight is 654 g/mol. The van der Waals surface area contributed by atoms with Crippen molar-refractivity contribution in [3.05, 3.63) is 23.8 Å². The molecule has 46 heavy (non-hydrogen) atoms. The molecule has 264 valence electrons. The first-order valence-corrected chi connectivity index (χ1v) is 16.6. The number of methoxy groups -OCH3 is 2. The Bertz CT molecular complexity index is 1020. The number of hydrogen-bond donors (Lipinski definition) is 1. The molecule has 4 unspecified atom stereocenters. The van der Waals surface area contributed by atoms with Gasteiger partial charge in [-0.05, 0) is 71.5 Å². The highest BCUT2D eigenvalue weighted by Gasteiger charge is 2.45. The lowest BCUT2D eigenvalue weighted by Gasteiger charge is -2.45. The molecule has 2 aliphatic rings. The van der Waals surface area contributed by atoms with Crippen LogP contribution in [0.15, 0.2) is 23.8 Å². The Morgan fingerprint density at radius 2 is 1.76 bits per heavy atom. The number of ketones is 1. The van der Waals surface area contributed by atoms with Crippen molar-refractivity contribution < 1.29 is 47.9 Å². The van der Waals surface area contributed by atoms with E-state index < -0.39 is 42.8 Å². The summed E-state index contributed by atoms with van der Waals surface area (Å²) in [4.78, 5) is 40.9. The molecule has 0 aliphatic carbocycles. The minimum atomic E-state index is -0.885. The number of rotatable bonds is 10.